The molecule has 1 aliphatic rings. The highest BCUT2D eigenvalue weighted by Gasteiger charge is 2.01. The average Bonchev–Trinajstić information content (AvgIpc) is 2.45. The molecule has 0 aromatic rings. The second-order valence-electron chi connectivity index (χ2n) is 3.23. The maximum Gasteiger partial charge on any atom is 0.303 e. The Morgan fingerprint density at radius 3 is 2.69 bits per heavy atom. The summed E-state index contributed by atoms with van der Waals surface area (Å²) in [6.07, 6.45) is 9.00. The molecule has 0 aromatic heterocycles. The highest BCUT2D eigenvalue weighted by molar-refractivity contribution is 5.66. The molecule has 0 heterocycles. The van der Waals surface area contributed by atoms with Gasteiger partial charge >= 0.3 is 5.97 Å². The monoisotopic (exact) mass is 178 g/mol. The number of carboxylic acid groups (broad SMARTS) is 1. The first-order chi connectivity index (χ1) is 6.18. The Kier molecular flexibility index (Phi) is 3.50. The van der Waals surface area contributed by atoms with Gasteiger partial charge in [-0.1, -0.05) is 24.8 Å². The van der Waals surface area contributed by atoms with Crippen molar-refractivity contribution in [3.05, 3.63) is 36.0 Å². The molecule has 1 aliphatic carbocycles. The van der Waals surface area contributed by atoms with Crippen molar-refractivity contribution in [3.8, 4) is 0 Å². The molecular formula is C11H14O2. The van der Waals surface area contributed by atoms with Crippen LogP contribution < -0.4 is 0 Å². The highest BCUT2D eigenvalue weighted by Crippen LogP contribution is 2.18. The number of carboxylic acids is 1. The normalized spacial score (nSPS) is 14.8. The molecule has 0 fully saturated rings. The van der Waals surface area contributed by atoms with Crippen molar-refractivity contribution < 1.29 is 9.90 Å². The van der Waals surface area contributed by atoms with Crippen molar-refractivity contribution in [2.75, 3.05) is 0 Å². The Labute approximate surface area is 78.3 Å². The van der Waals surface area contributed by atoms with Crippen LogP contribution >= 0.6 is 0 Å². The van der Waals surface area contributed by atoms with Crippen LogP contribution in [0.2, 0.25) is 0 Å². The molecule has 1 rings (SSSR count). The first kappa shape index (κ1) is 9.78. The lowest BCUT2D eigenvalue weighted by Crippen LogP contribution is -1.93. The van der Waals surface area contributed by atoms with Crippen LogP contribution in [0.25, 0.3) is 0 Å². The zero-order valence-corrected chi connectivity index (χ0v) is 7.62. The third-order valence-corrected chi connectivity index (χ3v) is 1.99. The minimum absolute atomic E-state index is 0.276. The maximum atomic E-state index is 10.2. The second-order valence-corrected chi connectivity index (χ2v) is 3.23. The van der Waals surface area contributed by atoms with Crippen LogP contribution in [0.4, 0.5) is 0 Å². The molecule has 13 heavy (non-hydrogen) atoms. The molecule has 0 radical (unpaired) electrons. The summed E-state index contributed by atoms with van der Waals surface area (Å²) < 4.78 is 0. The second kappa shape index (κ2) is 4.65. The van der Waals surface area contributed by atoms with Gasteiger partial charge in [-0.2, -0.15) is 0 Å². The summed E-state index contributed by atoms with van der Waals surface area (Å²) in [7, 11) is 0. The maximum absolute atomic E-state index is 10.2. The highest BCUT2D eigenvalue weighted by atomic mass is 16.4. The SMILES string of the molecule is C=C1C=CC(CCCCC(=O)O)=C1. The molecule has 70 valence electrons. The Hall–Kier alpha value is -1.31. The van der Waals surface area contributed by atoms with E-state index in [-0.39, 0.29) is 6.42 Å². The summed E-state index contributed by atoms with van der Waals surface area (Å²) in [6.45, 7) is 3.80. The van der Waals surface area contributed by atoms with Gasteiger partial charge in [0.05, 0.1) is 0 Å². The van der Waals surface area contributed by atoms with Gasteiger partial charge in [0.1, 0.15) is 0 Å². The summed E-state index contributed by atoms with van der Waals surface area (Å²) in [5.41, 5.74) is 2.30. The van der Waals surface area contributed by atoms with Crippen molar-refractivity contribution in [1.82, 2.24) is 0 Å². The van der Waals surface area contributed by atoms with Gasteiger partial charge in [0.15, 0.2) is 0 Å². The van der Waals surface area contributed by atoms with Gasteiger partial charge in [-0.15, -0.1) is 0 Å². The average molecular weight is 178 g/mol. The van der Waals surface area contributed by atoms with Crippen molar-refractivity contribution in [2.24, 2.45) is 0 Å². The fourth-order valence-corrected chi connectivity index (χ4v) is 1.31. The zero-order valence-electron chi connectivity index (χ0n) is 7.62. The molecule has 0 saturated carbocycles. The quantitative estimate of drug-likeness (QED) is 0.657. The molecule has 0 aromatic carbocycles. The minimum Gasteiger partial charge on any atom is -0.481 e. The number of hydrogen-bond acceptors (Lipinski definition) is 1. The van der Waals surface area contributed by atoms with E-state index in [9.17, 15) is 4.79 Å². The van der Waals surface area contributed by atoms with Gasteiger partial charge in [-0.3, -0.25) is 4.79 Å². The molecule has 2 heteroatoms. The third kappa shape index (κ3) is 3.74. The lowest BCUT2D eigenvalue weighted by atomic mass is 10.1. The van der Waals surface area contributed by atoms with Crippen LogP contribution in [0, 0.1) is 0 Å². The van der Waals surface area contributed by atoms with Gasteiger partial charge in [0.25, 0.3) is 0 Å². The van der Waals surface area contributed by atoms with E-state index in [2.05, 4.69) is 6.58 Å². The molecule has 0 bridgehead atoms. The minimum atomic E-state index is -0.708. The van der Waals surface area contributed by atoms with E-state index in [0.29, 0.717) is 0 Å². The van der Waals surface area contributed by atoms with E-state index in [4.69, 9.17) is 5.11 Å². The standard InChI is InChI=1S/C11H14O2/c1-9-6-7-10(8-9)4-2-3-5-11(12)13/h6-8H,1-5H2,(H,12,13). The fraction of sp³-hybridized carbons (Fsp3) is 0.364. The molecule has 2 nitrogen and oxygen atoms in total. The first-order valence-corrected chi connectivity index (χ1v) is 4.48. The van der Waals surface area contributed by atoms with Crippen LogP contribution in [0.3, 0.4) is 0 Å². The van der Waals surface area contributed by atoms with E-state index in [1.807, 2.05) is 18.2 Å². The zero-order chi connectivity index (χ0) is 9.68. The van der Waals surface area contributed by atoms with Crippen molar-refractivity contribution in [1.29, 1.82) is 0 Å². The van der Waals surface area contributed by atoms with Gasteiger partial charge in [0, 0.05) is 6.42 Å². The summed E-state index contributed by atoms with van der Waals surface area (Å²) in [4.78, 5) is 10.2. The Bertz CT molecular complexity index is 272. The van der Waals surface area contributed by atoms with Crippen molar-refractivity contribution in [3.63, 3.8) is 0 Å². The predicted molar refractivity (Wildman–Crippen MR) is 52.5 cm³/mol. The van der Waals surface area contributed by atoms with Crippen LogP contribution in [-0.4, -0.2) is 11.1 Å². The van der Waals surface area contributed by atoms with E-state index in [0.717, 1.165) is 24.8 Å². The molecule has 0 amide bonds. The lowest BCUT2D eigenvalue weighted by molar-refractivity contribution is -0.137. The summed E-state index contributed by atoms with van der Waals surface area (Å²) in [5.74, 6) is -0.708. The Balaban J connectivity index is 2.14. The summed E-state index contributed by atoms with van der Waals surface area (Å²) in [5, 5.41) is 8.40. The van der Waals surface area contributed by atoms with E-state index >= 15 is 0 Å². The van der Waals surface area contributed by atoms with Crippen molar-refractivity contribution >= 4 is 5.97 Å². The van der Waals surface area contributed by atoms with Gasteiger partial charge in [0.2, 0.25) is 0 Å². The Morgan fingerprint density at radius 2 is 2.15 bits per heavy atom. The van der Waals surface area contributed by atoms with Crippen molar-refractivity contribution in [2.45, 2.75) is 25.7 Å². The van der Waals surface area contributed by atoms with Crippen LogP contribution in [0.15, 0.2) is 36.0 Å². The van der Waals surface area contributed by atoms with Crippen LogP contribution in [0.1, 0.15) is 25.7 Å². The predicted octanol–water partition coefficient (Wildman–Crippen LogP) is 2.68. The topological polar surface area (TPSA) is 37.3 Å². The number of allylic oxidation sites excluding steroid dienone is 5. The van der Waals surface area contributed by atoms with Gasteiger partial charge in [-0.25, -0.2) is 0 Å². The molecule has 0 spiro atoms. The van der Waals surface area contributed by atoms with Gasteiger partial charge < -0.3 is 5.11 Å². The number of hydrogen-bond donors (Lipinski definition) is 1. The van der Waals surface area contributed by atoms with E-state index in [1.54, 1.807) is 0 Å². The summed E-state index contributed by atoms with van der Waals surface area (Å²) in [6, 6.07) is 0. The first-order valence-electron chi connectivity index (χ1n) is 4.48. The lowest BCUT2D eigenvalue weighted by Gasteiger charge is -1.97. The number of unbranched alkanes of at least 4 members (excludes halogenated alkanes) is 1. The molecule has 0 atom stereocenters. The largest absolute Gasteiger partial charge is 0.481 e. The third-order valence-electron chi connectivity index (χ3n) is 1.99. The smallest absolute Gasteiger partial charge is 0.303 e. The molecule has 1 N–H and O–H groups in total. The molecule has 0 aliphatic heterocycles. The Morgan fingerprint density at radius 1 is 1.38 bits per heavy atom. The molecular weight excluding hydrogens is 164 g/mol. The summed E-state index contributed by atoms with van der Waals surface area (Å²) >= 11 is 0. The molecule has 0 saturated heterocycles. The van der Waals surface area contributed by atoms with Gasteiger partial charge in [-0.05, 0) is 30.4 Å². The van der Waals surface area contributed by atoms with E-state index < -0.39 is 5.97 Å². The fourth-order valence-electron chi connectivity index (χ4n) is 1.31. The number of aliphatic carboxylic acids is 1. The van der Waals surface area contributed by atoms with Crippen LogP contribution in [-0.2, 0) is 4.79 Å². The van der Waals surface area contributed by atoms with Crippen LogP contribution in [0.5, 0.6) is 0 Å². The number of carbonyl (C=O) groups is 1. The number of rotatable bonds is 5. The van der Waals surface area contributed by atoms with E-state index in [1.165, 1.54) is 5.57 Å². The molecule has 0 unspecified atom stereocenters.